The summed E-state index contributed by atoms with van der Waals surface area (Å²) in [4.78, 5) is 31.3. The third-order valence-corrected chi connectivity index (χ3v) is 4.04. The van der Waals surface area contributed by atoms with Crippen LogP contribution in [-0.2, 0) is 16.6 Å². The standard InChI is InChI=1S/C16H22N6O5S/c1-4-6-10-22-15(23)12(14(27-5-2)18-16(22)24)20-19-11-8-7-9-17-13(11)21-28(3,25)26/h7-9H,4-6,10H2,1-3H3,(H,17,21)(H,18,24)/b20-19+. The van der Waals surface area contributed by atoms with Crippen molar-refractivity contribution in [2.24, 2.45) is 10.2 Å². The number of anilines is 1. The minimum absolute atomic E-state index is 0.0394. The van der Waals surface area contributed by atoms with Gasteiger partial charge in [0.25, 0.3) is 5.56 Å². The Hall–Kier alpha value is -3.02. The molecule has 0 aliphatic carbocycles. The zero-order chi connectivity index (χ0) is 20.7. The molecular formula is C16H22N6O5S. The molecule has 0 aliphatic rings. The van der Waals surface area contributed by atoms with Gasteiger partial charge in [-0.3, -0.25) is 19.1 Å². The lowest BCUT2D eigenvalue weighted by Crippen LogP contribution is -2.35. The van der Waals surface area contributed by atoms with Gasteiger partial charge in [-0.25, -0.2) is 18.2 Å². The highest BCUT2D eigenvalue weighted by Gasteiger charge is 2.16. The molecule has 0 aromatic carbocycles. The summed E-state index contributed by atoms with van der Waals surface area (Å²) in [6, 6.07) is 3.02. The van der Waals surface area contributed by atoms with E-state index in [2.05, 4.69) is 24.9 Å². The largest absolute Gasteiger partial charge is 0.477 e. The van der Waals surface area contributed by atoms with E-state index in [-0.39, 0.29) is 36.2 Å². The molecule has 28 heavy (non-hydrogen) atoms. The van der Waals surface area contributed by atoms with Crippen LogP contribution in [0.15, 0.2) is 38.1 Å². The summed E-state index contributed by atoms with van der Waals surface area (Å²) in [7, 11) is -3.58. The quantitative estimate of drug-likeness (QED) is 0.603. The van der Waals surface area contributed by atoms with Crippen LogP contribution < -0.4 is 20.7 Å². The van der Waals surface area contributed by atoms with Gasteiger partial charge in [0.2, 0.25) is 21.6 Å². The van der Waals surface area contributed by atoms with E-state index in [1.165, 1.54) is 18.3 Å². The van der Waals surface area contributed by atoms with Gasteiger partial charge in [0.1, 0.15) is 5.69 Å². The van der Waals surface area contributed by atoms with Crippen LogP contribution in [0, 0.1) is 0 Å². The number of nitrogens with zero attached hydrogens (tertiary/aromatic N) is 4. The predicted molar refractivity (Wildman–Crippen MR) is 104 cm³/mol. The van der Waals surface area contributed by atoms with Crippen LogP contribution in [0.2, 0.25) is 0 Å². The number of sulfonamides is 1. The van der Waals surface area contributed by atoms with E-state index in [9.17, 15) is 18.0 Å². The lowest BCUT2D eigenvalue weighted by atomic mass is 10.3. The van der Waals surface area contributed by atoms with Gasteiger partial charge in [-0.2, -0.15) is 0 Å². The molecule has 2 aromatic heterocycles. The summed E-state index contributed by atoms with van der Waals surface area (Å²) in [5.74, 6) is -0.141. The highest BCUT2D eigenvalue weighted by Crippen LogP contribution is 2.26. The fourth-order valence-electron chi connectivity index (χ4n) is 2.23. The van der Waals surface area contributed by atoms with Crippen LogP contribution in [0.25, 0.3) is 0 Å². The maximum absolute atomic E-state index is 12.7. The van der Waals surface area contributed by atoms with Crippen molar-refractivity contribution in [3.63, 3.8) is 0 Å². The topological polar surface area (TPSA) is 148 Å². The van der Waals surface area contributed by atoms with E-state index >= 15 is 0 Å². The Morgan fingerprint density at radius 1 is 1.29 bits per heavy atom. The molecule has 0 aliphatic heterocycles. The minimum Gasteiger partial charge on any atom is -0.477 e. The zero-order valence-corrected chi connectivity index (χ0v) is 16.6. The number of nitrogens with one attached hydrogen (secondary N) is 2. The van der Waals surface area contributed by atoms with Crippen molar-refractivity contribution >= 4 is 27.2 Å². The molecule has 0 atom stereocenters. The molecule has 11 nitrogen and oxygen atoms in total. The van der Waals surface area contributed by atoms with Gasteiger partial charge in [-0.1, -0.05) is 13.3 Å². The maximum Gasteiger partial charge on any atom is 0.331 e. The zero-order valence-electron chi connectivity index (χ0n) is 15.8. The first-order valence-electron chi connectivity index (χ1n) is 8.61. The summed E-state index contributed by atoms with van der Waals surface area (Å²) in [5.41, 5.74) is -1.33. The summed E-state index contributed by atoms with van der Waals surface area (Å²) in [6.45, 7) is 4.06. The van der Waals surface area contributed by atoms with Gasteiger partial charge < -0.3 is 4.74 Å². The third kappa shape index (κ3) is 5.49. The van der Waals surface area contributed by atoms with Crippen LogP contribution in [0.3, 0.4) is 0 Å². The first-order chi connectivity index (χ1) is 13.3. The SMILES string of the molecule is CCCCn1c(=O)[nH]c(OCC)c(/N=N/c2cccnc2NS(C)(=O)=O)c1=O. The van der Waals surface area contributed by atoms with Gasteiger partial charge >= 0.3 is 5.69 Å². The summed E-state index contributed by atoms with van der Waals surface area (Å²) in [6.07, 6.45) is 3.80. The van der Waals surface area contributed by atoms with E-state index in [1.54, 1.807) is 6.92 Å². The molecule has 2 N–H and O–H groups in total. The second kappa shape index (κ2) is 9.26. The van der Waals surface area contributed by atoms with E-state index in [1.807, 2.05) is 6.92 Å². The highest BCUT2D eigenvalue weighted by atomic mass is 32.2. The molecule has 2 rings (SSSR count). The molecule has 152 valence electrons. The predicted octanol–water partition coefficient (Wildman–Crippen LogP) is 1.92. The molecule has 0 saturated heterocycles. The number of ether oxygens (including phenoxy) is 1. The smallest absolute Gasteiger partial charge is 0.331 e. The molecule has 2 aromatic rings. The van der Waals surface area contributed by atoms with Gasteiger partial charge in [-0.05, 0) is 25.5 Å². The number of H-pyrrole nitrogens is 1. The van der Waals surface area contributed by atoms with Crippen molar-refractivity contribution in [2.75, 3.05) is 17.6 Å². The van der Waals surface area contributed by atoms with Gasteiger partial charge in [0, 0.05) is 12.7 Å². The third-order valence-electron chi connectivity index (χ3n) is 3.48. The molecule has 0 radical (unpaired) electrons. The average molecular weight is 410 g/mol. The van der Waals surface area contributed by atoms with E-state index in [0.717, 1.165) is 17.2 Å². The van der Waals surface area contributed by atoms with Crippen molar-refractivity contribution in [3.05, 3.63) is 39.2 Å². The molecule has 0 bridgehead atoms. The number of rotatable bonds is 9. The number of aromatic amines is 1. The van der Waals surface area contributed by atoms with Crippen LogP contribution in [-0.4, -0.2) is 35.8 Å². The Balaban J connectivity index is 2.53. The molecule has 0 amide bonds. The number of pyridine rings is 1. The van der Waals surface area contributed by atoms with Crippen molar-refractivity contribution in [2.45, 2.75) is 33.2 Å². The molecule has 12 heteroatoms. The maximum atomic E-state index is 12.7. The normalized spacial score (nSPS) is 11.7. The Kier molecular flexibility index (Phi) is 7.04. The van der Waals surface area contributed by atoms with Crippen molar-refractivity contribution < 1.29 is 13.2 Å². The monoisotopic (exact) mass is 410 g/mol. The molecule has 0 unspecified atom stereocenters. The fraction of sp³-hybridized carbons (Fsp3) is 0.438. The summed E-state index contributed by atoms with van der Waals surface area (Å²) < 4.78 is 31.5. The van der Waals surface area contributed by atoms with E-state index in [0.29, 0.717) is 6.42 Å². The van der Waals surface area contributed by atoms with E-state index in [4.69, 9.17) is 4.74 Å². The lowest BCUT2D eigenvalue weighted by Gasteiger charge is -2.09. The van der Waals surface area contributed by atoms with Gasteiger partial charge in [-0.15, -0.1) is 10.2 Å². The van der Waals surface area contributed by atoms with Crippen molar-refractivity contribution in [1.29, 1.82) is 0 Å². The molecule has 0 saturated carbocycles. The second-order valence-electron chi connectivity index (χ2n) is 5.80. The summed E-state index contributed by atoms with van der Waals surface area (Å²) in [5, 5.41) is 7.85. The van der Waals surface area contributed by atoms with Crippen LogP contribution in [0.5, 0.6) is 5.88 Å². The Bertz CT molecular complexity index is 1070. The first kappa shape index (κ1) is 21.3. The molecular weight excluding hydrogens is 388 g/mol. The fourth-order valence-corrected chi connectivity index (χ4v) is 2.74. The second-order valence-corrected chi connectivity index (χ2v) is 7.55. The lowest BCUT2D eigenvalue weighted by molar-refractivity contribution is 0.323. The molecule has 0 fully saturated rings. The molecule has 0 spiro atoms. The number of hydrogen-bond acceptors (Lipinski definition) is 8. The Labute approximate surface area is 161 Å². The average Bonchev–Trinajstić information content (AvgIpc) is 2.61. The van der Waals surface area contributed by atoms with Gasteiger partial charge in [0.05, 0.1) is 12.9 Å². The van der Waals surface area contributed by atoms with Crippen LogP contribution in [0.1, 0.15) is 26.7 Å². The van der Waals surface area contributed by atoms with Gasteiger partial charge in [0.15, 0.2) is 5.82 Å². The van der Waals surface area contributed by atoms with Crippen LogP contribution in [0.4, 0.5) is 17.2 Å². The number of hydrogen-bond donors (Lipinski definition) is 2. The van der Waals surface area contributed by atoms with E-state index < -0.39 is 21.3 Å². The van der Waals surface area contributed by atoms with Crippen molar-refractivity contribution in [3.8, 4) is 5.88 Å². The number of unbranched alkanes of at least 4 members (excludes halogenated alkanes) is 1. The molecule has 2 heterocycles. The van der Waals surface area contributed by atoms with Crippen molar-refractivity contribution in [1.82, 2.24) is 14.5 Å². The summed E-state index contributed by atoms with van der Waals surface area (Å²) >= 11 is 0. The highest BCUT2D eigenvalue weighted by molar-refractivity contribution is 7.92. The Morgan fingerprint density at radius 2 is 2.04 bits per heavy atom. The minimum atomic E-state index is -3.58. The Morgan fingerprint density at radius 3 is 2.68 bits per heavy atom. The first-order valence-corrected chi connectivity index (χ1v) is 10.5. The number of azo groups is 1. The number of aromatic nitrogens is 3. The van der Waals surface area contributed by atoms with Crippen LogP contribution >= 0.6 is 0 Å².